The number of carbonyl (C=O) groups excluding carboxylic acids is 1. The van der Waals surface area contributed by atoms with Gasteiger partial charge in [-0.15, -0.1) is 0 Å². The second kappa shape index (κ2) is 5.67. The Hall–Kier alpha value is -1.57. The maximum Gasteiger partial charge on any atom is 0.333 e. The summed E-state index contributed by atoms with van der Waals surface area (Å²) in [6.45, 7) is 11.9. The minimum absolute atomic E-state index is 0.207. The Morgan fingerprint density at radius 2 is 2.06 bits per heavy atom. The molecule has 1 unspecified atom stereocenters. The largest absolute Gasteiger partial charge is 0.462 e. The number of aryl methyl sites for hydroxylation is 1. The third kappa shape index (κ3) is 3.45. The number of hydrogen-bond acceptors (Lipinski definition) is 2. The first-order valence-corrected chi connectivity index (χ1v) is 5.82. The molecule has 0 N–H and O–H groups in total. The fraction of sp³-hybridized carbons (Fsp3) is 0.400. The van der Waals surface area contributed by atoms with E-state index in [9.17, 15) is 4.79 Å². The van der Waals surface area contributed by atoms with Gasteiger partial charge in [0.15, 0.2) is 0 Å². The molecule has 0 saturated carbocycles. The van der Waals surface area contributed by atoms with Crippen LogP contribution < -0.4 is 0 Å². The van der Waals surface area contributed by atoms with Crippen molar-refractivity contribution in [1.82, 2.24) is 0 Å². The normalized spacial score (nSPS) is 12.0. The molecule has 0 fully saturated rings. The number of benzene rings is 1. The van der Waals surface area contributed by atoms with Crippen LogP contribution in [0.15, 0.2) is 30.4 Å². The van der Waals surface area contributed by atoms with Gasteiger partial charge in [-0.3, -0.25) is 0 Å². The molecule has 0 aliphatic carbocycles. The Morgan fingerprint density at radius 3 is 2.65 bits per heavy atom. The highest BCUT2D eigenvalue weighted by Crippen LogP contribution is 2.22. The zero-order valence-electron chi connectivity index (χ0n) is 11.0. The smallest absolute Gasteiger partial charge is 0.333 e. The van der Waals surface area contributed by atoms with Gasteiger partial charge in [0.25, 0.3) is 0 Å². The van der Waals surface area contributed by atoms with E-state index in [4.69, 9.17) is 4.74 Å². The van der Waals surface area contributed by atoms with E-state index >= 15 is 0 Å². The summed E-state index contributed by atoms with van der Waals surface area (Å²) in [5, 5.41) is 0. The minimum atomic E-state index is -0.317. The summed E-state index contributed by atoms with van der Waals surface area (Å²) in [6, 6.07) is 6.21. The van der Waals surface area contributed by atoms with E-state index in [1.807, 2.05) is 6.07 Å². The first-order chi connectivity index (χ1) is 7.93. The lowest BCUT2D eigenvalue weighted by Crippen LogP contribution is -2.12. The predicted molar refractivity (Wildman–Crippen MR) is 70.1 cm³/mol. The third-order valence-electron chi connectivity index (χ3n) is 2.99. The number of carbonyl (C=O) groups is 1. The summed E-state index contributed by atoms with van der Waals surface area (Å²) in [7, 11) is 0. The highest BCUT2D eigenvalue weighted by atomic mass is 16.5. The average Bonchev–Trinajstić information content (AvgIpc) is 2.29. The van der Waals surface area contributed by atoms with Crippen molar-refractivity contribution in [2.45, 2.75) is 33.6 Å². The van der Waals surface area contributed by atoms with Crippen LogP contribution in [0.4, 0.5) is 0 Å². The molecule has 1 aromatic rings. The summed E-state index contributed by atoms with van der Waals surface area (Å²) in [4.78, 5) is 11.3. The fourth-order valence-corrected chi connectivity index (χ4v) is 1.72. The third-order valence-corrected chi connectivity index (χ3v) is 2.99. The molecule has 17 heavy (non-hydrogen) atoms. The zero-order chi connectivity index (χ0) is 13.0. The molecule has 0 radical (unpaired) electrons. The van der Waals surface area contributed by atoms with Crippen molar-refractivity contribution in [3.8, 4) is 0 Å². The molecule has 1 aromatic carbocycles. The van der Waals surface area contributed by atoms with Crippen LogP contribution in [0.2, 0.25) is 0 Å². The number of hydrogen-bond donors (Lipinski definition) is 0. The topological polar surface area (TPSA) is 26.3 Å². The monoisotopic (exact) mass is 232 g/mol. The van der Waals surface area contributed by atoms with Crippen molar-refractivity contribution >= 4 is 5.97 Å². The fourth-order valence-electron chi connectivity index (χ4n) is 1.72. The molecule has 2 heteroatoms. The van der Waals surface area contributed by atoms with Crippen LogP contribution in [0.25, 0.3) is 0 Å². The van der Waals surface area contributed by atoms with Gasteiger partial charge in [0.05, 0.1) is 6.61 Å². The molecular weight excluding hydrogens is 212 g/mol. The molecule has 1 atom stereocenters. The van der Waals surface area contributed by atoms with Gasteiger partial charge in [0, 0.05) is 11.5 Å². The minimum Gasteiger partial charge on any atom is -0.462 e. The van der Waals surface area contributed by atoms with Crippen molar-refractivity contribution in [1.29, 1.82) is 0 Å². The Kier molecular flexibility index (Phi) is 4.50. The summed E-state index contributed by atoms with van der Waals surface area (Å²) in [6.07, 6.45) is 0. The van der Waals surface area contributed by atoms with Gasteiger partial charge in [-0.2, -0.15) is 0 Å². The van der Waals surface area contributed by atoms with Crippen molar-refractivity contribution < 1.29 is 9.53 Å². The zero-order valence-corrected chi connectivity index (χ0v) is 11.0. The number of ether oxygens (including phenoxy) is 1. The number of rotatable bonds is 4. The summed E-state index contributed by atoms with van der Waals surface area (Å²) < 4.78 is 5.18. The van der Waals surface area contributed by atoms with Gasteiger partial charge in [-0.1, -0.05) is 31.7 Å². The Balaban J connectivity index is 2.70. The molecule has 92 valence electrons. The second-order valence-corrected chi connectivity index (χ2v) is 4.57. The highest BCUT2D eigenvalue weighted by Gasteiger charge is 2.12. The average molecular weight is 232 g/mol. The lowest BCUT2D eigenvalue weighted by atomic mass is 9.94. The van der Waals surface area contributed by atoms with E-state index in [-0.39, 0.29) is 11.9 Å². The van der Waals surface area contributed by atoms with E-state index in [2.05, 4.69) is 39.5 Å². The SMILES string of the molecule is C=C(C)C(=O)OCC(C)c1cccc(C)c1C. The van der Waals surface area contributed by atoms with Crippen LogP contribution >= 0.6 is 0 Å². The standard InChI is InChI=1S/C15H20O2/c1-10(2)15(16)17-9-12(4)14-8-6-7-11(3)13(14)5/h6-8,12H,1,9H2,2-5H3. The van der Waals surface area contributed by atoms with Gasteiger partial charge in [0.2, 0.25) is 0 Å². The predicted octanol–water partition coefficient (Wildman–Crippen LogP) is 3.53. The van der Waals surface area contributed by atoms with Gasteiger partial charge in [-0.05, 0) is 37.5 Å². The molecule has 0 aromatic heterocycles. The molecule has 0 heterocycles. The molecule has 0 saturated heterocycles. The molecule has 2 nitrogen and oxygen atoms in total. The maximum atomic E-state index is 11.3. The maximum absolute atomic E-state index is 11.3. The molecule has 1 rings (SSSR count). The van der Waals surface area contributed by atoms with E-state index < -0.39 is 0 Å². The van der Waals surface area contributed by atoms with Gasteiger partial charge < -0.3 is 4.74 Å². The summed E-state index contributed by atoms with van der Waals surface area (Å²) in [5.41, 5.74) is 4.21. The van der Waals surface area contributed by atoms with Crippen molar-refractivity contribution in [3.05, 3.63) is 47.0 Å². The Labute approximate surface area is 103 Å². The van der Waals surface area contributed by atoms with Crippen LogP contribution in [0.5, 0.6) is 0 Å². The Bertz CT molecular complexity index is 433. The lowest BCUT2D eigenvalue weighted by Gasteiger charge is -2.16. The molecule has 0 bridgehead atoms. The van der Waals surface area contributed by atoms with E-state index in [1.54, 1.807) is 6.92 Å². The van der Waals surface area contributed by atoms with Crippen LogP contribution in [0, 0.1) is 13.8 Å². The number of esters is 1. The van der Waals surface area contributed by atoms with Crippen molar-refractivity contribution in [2.75, 3.05) is 6.61 Å². The second-order valence-electron chi connectivity index (χ2n) is 4.57. The van der Waals surface area contributed by atoms with Gasteiger partial charge in [-0.25, -0.2) is 4.79 Å². The van der Waals surface area contributed by atoms with Gasteiger partial charge in [0.1, 0.15) is 0 Å². The summed E-state index contributed by atoms with van der Waals surface area (Å²) in [5.74, 6) is -0.111. The molecular formula is C15H20O2. The van der Waals surface area contributed by atoms with E-state index in [0.29, 0.717) is 12.2 Å². The van der Waals surface area contributed by atoms with E-state index in [1.165, 1.54) is 16.7 Å². The molecule has 0 aliphatic rings. The first kappa shape index (κ1) is 13.5. The van der Waals surface area contributed by atoms with E-state index in [0.717, 1.165) is 0 Å². The molecule has 0 amide bonds. The highest BCUT2D eigenvalue weighted by molar-refractivity contribution is 5.86. The van der Waals surface area contributed by atoms with Gasteiger partial charge >= 0.3 is 5.97 Å². The van der Waals surface area contributed by atoms with Crippen LogP contribution in [0.3, 0.4) is 0 Å². The summed E-state index contributed by atoms with van der Waals surface area (Å²) >= 11 is 0. The Morgan fingerprint density at radius 1 is 1.41 bits per heavy atom. The lowest BCUT2D eigenvalue weighted by molar-refractivity contribution is -0.139. The van der Waals surface area contributed by atoms with Crippen LogP contribution in [-0.2, 0) is 9.53 Å². The van der Waals surface area contributed by atoms with Crippen molar-refractivity contribution in [2.24, 2.45) is 0 Å². The molecule has 0 spiro atoms. The molecule has 0 aliphatic heterocycles. The first-order valence-electron chi connectivity index (χ1n) is 5.82. The quantitative estimate of drug-likeness (QED) is 0.586. The van der Waals surface area contributed by atoms with Crippen LogP contribution in [-0.4, -0.2) is 12.6 Å². The van der Waals surface area contributed by atoms with Crippen molar-refractivity contribution in [3.63, 3.8) is 0 Å². The van der Waals surface area contributed by atoms with Crippen LogP contribution in [0.1, 0.15) is 36.5 Å².